The van der Waals surface area contributed by atoms with Crippen LogP contribution in [-0.2, 0) is 9.53 Å². The third kappa shape index (κ3) is 4.80. The fourth-order valence-corrected chi connectivity index (χ4v) is 2.70. The van der Waals surface area contributed by atoms with Gasteiger partial charge in [-0.05, 0) is 17.7 Å². The van der Waals surface area contributed by atoms with E-state index in [1.807, 2.05) is 30.3 Å². The first kappa shape index (κ1) is 16.4. The molecule has 2 rings (SSSR count). The van der Waals surface area contributed by atoms with Crippen LogP contribution in [0.5, 0.6) is 0 Å². The molecule has 0 radical (unpaired) electrons. The van der Waals surface area contributed by atoms with Crippen molar-refractivity contribution >= 4 is 17.7 Å². The first-order valence-corrected chi connectivity index (χ1v) is 7.46. The lowest BCUT2D eigenvalue weighted by Gasteiger charge is -2.19. The molecule has 0 aromatic heterocycles. The third-order valence-corrected chi connectivity index (χ3v) is 3.87. The number of esters is 1. The van der Waals surface area contributed by atoms with Crippen LogP contribution in [0.2, 0.25) is 0 Å². The number of rotatable bonds is 5. The van der Waals surface area contributed by atoms with Crippen molar-refractivity contribution in [2.45, 2.75) is 17.2 Å². The molecule has 22 heavy (non-hydrogen) atoms. The molecule has 0 fully saturated rings. The Hall–Kier alpha value is -1.95. The highest BCUT2D eigenvalue weighted by molar-refractivity contribution is 7.99. The van der Waals surface area contributed by atoms with Gasteiger partial charge in [-0.15, -0.1) is 11.8 Å². The van der Waals surface area contributed by atoms with E-state index >= 15 is 0 Å². The summed E-state index contributed by atoms with van der Waals surface area (Å²) in [6, 6.07) is 17.6. The Balaban J connectivity index is 2.10. The van der Waals surface area contributed by atoms with Gasteiger partial charge < -0.3 is 4.74 Å². The minimum atomic E-state index is -5.00. The average Bonchev–Trinajstić information content (AvgIpc) is 2.52. The van der Waals surface area contributed by atoms with Crippen LogP contribution in [-0.4, -0.2) is 17.9 Å². The van der Waals surface area contributed by atoms with Crippen LogP contribution in [0.25, 0.3) is 0 Å². The van der Waals surface area contributed by atoms with Crippen molar-refractivity contribution in [3.05, 3.63) is 66.2 Å². The Morgan fingerprint density at radius 2 is 1.55 bits per heavy atom. The van der Waals surface area contributed by atoms with Gasteiger partial charge in [-0.25, -0.2) is 4.79 Å². The quantitative estimate of drug-likeness (QED) is 0.592. The standard InChI is InChI=1S/C16H13F3O2S/c17-16(18,19)15(20)21-14(12-7-3-1-4-8-12)11-22-13-9-5-2-6-10-13/h1-10,14H,11H2. The molecule has 2 nitrogen and oxygen atoms in total. The average molecular weight is 326 g/mol. The summed E-state index contributed by atoms with van der Waals surface area (Å²) in [5, 5.41) is 0. The first-order valence-electron chi connectivity index (χ1n) is 6.47. The van der Waals surface area contributed by atoms with Crippen LogP contribution in [0.4, 0.5) is 13.2 Å². The van der Waals surface area contributed by atoms with Crippen LogP contribution >= 0.6 is 11.8 Å². The number of alkyl halides is 3. The molecule has 116 valence electrons. The van der Waals surface area contributed by atoms with Gasteiger partial charge in [0.1, 0.15) is 6.10 Å². The van der Waals surface area contributed by atoms with Crippen LogP contribution in [0, 0.1) is 0 Å². The summed E-state index contributed by atoms with van der Waals surface area (Å²) in [5.74, 6) is -1.97. The number of thioether (sulfide) groups is 1. The van der Waals surface area contributed by atoms with Crippen molar-refractivity contribution in [3.63, 3.8) is 0 Å². The second-order valence-electron chi connectivity index (χ2n) is 4.43. The van der Waals surface area contributed by atoms with Crippen molar-refractivity contribution < 1.29 is 22.7 Å². The van der Waals surface area contributed by atoms with Gasteiger partial charge in [-0.3, -0.25) is 0 Å². The van der Waals surface area contributed by atoms with Gasteiger partial charge >= 0.3 is 12.1 Å². The molecule has 0 saturated heterocycles. The minimum absolute atomic E-state index is 0.204. The molecular formula is C16H13F3O2S. The molecule has 2 aromatic rings. The molecule has 0 aliphatic heterocycles. The zero-order chi connectivity index (χ0) is 16.0. The molecule has 1 unspecified atom stereocenters. The van der Waals surface area contributed by atoms with E-state index in [-0.39, 0.29) is 5.75 Å². The molecule has 0 aliphatic rings. The summed E-state index contributed by atoms with van der Waals surface area (Å²) in [5.41, 5.74) is 0.531. The van der Waals surface area contributed by atoms with E-state index in [1.165, 1.54) is 11.8 Å². The van der Waals surface area contributed by atoms with Crippen molar-refractivity contribution in [3.8, 4) is 0 Å². The van der Waals surface area contributed by atoms with Crippen LogP contribution in [0.15, 0.2) is 65.6 Å². The van der Waals surface area contributed by atoms with E-state index in [1.54, 1.807) is 30.3 Å². The zero-order valence-electron chi connectivity index (χ0n) is 11.4. The predicted octanol–water partition coefficient (Wildman–Crippen LogP) is 4.63. The molecule has 0 bridgehead atoms. The normalized spacial score (nSPS) is 12.7. The molecule has 0 amide bonds. The van der Waals surface area contributed by atoms with Crippen LogP contribution in [0.1, 0.15) is 11.7 Å². The smallest absolute Gasteiger partial charge is 0.450 e. The van der Waals surface area contributed by atoms with Gasteiger partial charge in [0.15, 0.2) is 0 Å². The van der Waals surface area contributed by atoms with Gasteiger partial charge in [-0.2, -0.15) is 13.2 Å². The Morgan fingerprint density at radius 3 is 2.09 bits per heavy atom. The molecule has 0 aliphatic carbocycles. The third-order valence-electron chi connectivity index (χ3n) is 2.80. The fourth-order valence-electron chi connectivity index (χ4n) is 1.75. The number of carbonyl (C=O) groups excluding carboxylic acids is 1. The molecule has 0 N–H and O–H groups in total. The second-order valence-corrected chi connectivity index (χ2v) is 5.52. The van der Waals surface area contributed by atoms with Gasteiger partial charge in [0, 0.05) is 10.6 Å². The lowest BCUT2D eigenvalue weighted by molar-refractivity contribution is -0.204. The second kappa shape index (κ2) is 7.35. The topological polar surface area (TPSA) is 26.3 Å². The molecule has 0 spiro atoms. The maximum Gasteiger partial charge on any atom is 0.490 e. The molecule has 0 saturated carbocycles. The summed E-state index contributed by atoms with van der Waals surface area (Å²) >= 11 is 1.33. The summed E-state index contributed by atoms with van der Waals surface area (Å²) in [7, 11) is 0. The Bertz CT molecular complexity index is 600. The summed E-state index contributed by atoms with van der Waals surface area (Å²) in [4.78, 5) is 12.0. The van der Waals surface area contributed by atoms with Crippen molar-refractivity contribution in [1.29, 1.82) is 0 Å². The maximum absolute atomic E-state index is 12.4. The monoisotopic (exact) mass is 326 g/mol. The van der Waals surface area contributed by atoms with E-state index in [0.717, 1.165) is 4.90 Å². The number of benzene rings is 2. The SMILES string of the molecule is O=C(OC(CSc1ccccc1)c1ccccc1)C(F)(F)F. The maximum atomic E-state index is 12.4. The fraction of sp³-hybridized carbons (Fsp3) is 0.188. The highest BCUT2D eigenvalue weighted by atomic mass is 32.2. The van der Waals surface area contributed by atoms with Gasteiger partial charge in [0.25, 0.3) is 0 Å². The van der Waals surface area contributed by atoms with E-state index in [0.29, 0.717) is 5.56 Å². The lowest BCUT2D eigenvalue weighted by Crippen LogP contribution is -2.27. The molecule has 1 atom stereocenters. The predicted molar refractivity (Wildman–Crippen MR) is 78.5 cm³/mol. The molecule has 6 heteroatoms. The molecule has 0 heterocycles. The lowest BCUT2D eigenvalue weighted by atomic mass is 10.1. The number of ether oxygens (including phenoxy) is 1. The number of hydrogen-bond acceptors (Lipinski definition) is 3. The van der Waals surface area contributed by atoms with E-state index in [4.69, 9.17) is 0 Å². The first-order chi connectivity index (χ1) is 10.5. The van der Waals surface area contributed by atoms with Crippen LogP contribution in [0.3, 0.4) is 0 Å². The number of halogens is 3. The van der Waals surface area contributed by atoms with Crippen LogP contribution < -0.4 is 0 Å². The summed E-state index contributed by atoms with van der Waals surface area (Å²) in [6.07, 6.45) is -5.95. The van der Waals surface area contributed by atoms with Crippen molar-refractivity contribution in [2.75, 3.05) is 5.75 Å². The van der Waals surface area contributed by atoms with Gasteiger partial charge in [0.2, 0.25) is 0 Å². The molecular weight excluding hydrogens is 313 g/mol. The van der Waals surface area contributed by atoms with E-state index in [2.05, 4.69) is 4.74 Å². The Morgan fingerprint density at radius 1 is 1.00 bits per heavy atom. The summed E-state index contributed by atoms with van der Waals surface area (Å²) in [6.45, 7) is 0. The summed E-state index contributed by atoms with van der Waals surface area (Å²) < 4.78 is 41.9. The number of hydrogen-bond donors (Lipinski definition) is 0. The highest BCUT2D eigenvalue weighted by Crippen LogP contribution is 2.29. The van der Waals surface area contributed by atoms with Gasteiger partial charge in [0.05, 0.1) is 0 Å². The highest BCUT2D eigenvalue weighted by Gasteiger charge is 2.42. The van der Waals surface area contributed by atoms with Crippen molar-refractivity contribution in [2.24, 2.45) is 0 Å². The van der Waals surface area contributed by atoms with Gasteiger partial charge in [-0.1, -0.05) is 48.5 Å². The largest absolute Gasteiger partial charge is 0.490 e. The Labute approximate surface area is 130 Å². The van der Waals surface area contributed by atoms with Crippen molar-refractivity contribution in [1.82, 2.24) is 0 Å². The number of carbonyl (C=O) groups is 1. The van der Waals surface area contributed by atoms with E-state index < -0.39 is 18.2 Å². The zero-order valence-corrected chi connectivity index (χ0v) is 12.2. The molecule has 2 aromatic carbocycles. The Kier molecular flexibility index (Phi) is 5.49. The van der Waals surface area contributed by atoms with E-state index in [9.17, 15) is 18.0 Å². The minimum Gasteiger partial charge on any atom is -0.450 e.